The molecule has 1 aromatic carbocycles. The van der Waals surface area contributed by atoms with Gasteiger partial charge in [-0.3, -0.25) is 4.79 Å². The lowest BCUT2D eigenvalue weighted by molar-refractivity contribution is -0.141. The van der Waals surface area contributed by atoms with Gasteiger partial charge in [0.15, 0.2) is 0 Å². The molecule has 0 heterocycles. The normalized spacial score (nSPS) is 11.5. The molecule has 0 saturated carbocycles. The van der Waals surface area contributed by atoms with Crippen LogP contribution < -0.4 is 0 Å². The molecular formula is C11H11F4NO2S. The Morgan fingerprint density at radius 1 is 1.37 bits per heavy atom. The Labute approximate surface area is 112 Å². The molecule has 0 aromatic heterocycles. The third-order valence-corrected chi connectivity index (χ3v) is 2.49. The highest BCUT2D eigenvalue weighted by Gasteiger charge is 2.33. The van der Waals surface area contributed by atoms with Crippen LogP contribution in [0.3, 0.4) is 0 Å². The SMILES string of the molecule is O=C(c1cc(S)ccc1F)N(CCO)CC(F)(F)F. The molecule has 1 N–H and O–H groups in total. The molecule has 0 aliphatic rings. The highest BCUT2D eigenvalue weighted by atomic mass is 32.1. The first kappa shape index (κ1) is 15.8. The van der Waals surface area contributed by atoms with Crippen LogP contribution in [0.5, 0.6) is 0 Å². The second kappa shape index (κ2) is 6.25. The summed E-state index contributed by atoms with van der Waals surface area (Å²) >= 11 is 3.89. The minimum atomic E-state index is -4.63. The van der Waals surface area contributed by atoms with E-state index in [1.54, 1.807) is 0 Å². The lowest BCUT2D eigenvalue weighted by Crippen LogP contribution is -2.41. The number of aliphatic hydroxyl groups is 1. The number of hydrogen-bond donors (Lipinski definition) is 2. The van der Waals surface area contributed by atoms with E-state index in [-0.39, 0.29) is 4.90 Å². The molecule has 0 unspecified atom stereocenters. The predicted octanol–water partition coefficient (Wildman–Crippen LogP) is 2.11. The summed E-state index contributed by atoms with van der Waals surface area (Å²) in [5.41, 5.74) is -0.509. The van der Waals surface area contributed by atoms with E-state index in [0.717, 1.165) is 12.1 Å². The molecule has 3 nitrogen and oxygen atoms in total. The standard InChI is InChI=1S/C11H11F4NO2S/c12-9-2-1-7(19)5-8(9)10(18)16(3-4-17)6-11(13,14)15/h1-2,5,17,19H,3-4,6H2. The predicted molar refractivity (Wildman–Crippen MR) is 62.7 cm³/mol. The Bertz CT molecular complexity index is 464. The second-order valence-corrected chi connectivity index (χ2v) is 4.25. The Morgan fingerprint density at radius 2 is 2.00 bits per heavy atom. The number of hydrogen-bond acceptors (Lipinski definition) is 3. The molecule has 0 fully saturated rings. The summed E-state index contributed by atoms with van der Waals surface area (Å²) in [6.07, 6.45) is -4.63. The van der Waals surface area contributed by atoms with Crippen LogP contribution in [-0.2, 0) is 0 Å². The quantitative estimate of drug-likeness (QED) is 0.660. The topological polar surface area (TPSA) is 40.5 Å². The van der Waals surface area contributed by atoms with E-state index in [9.17, 15) is 22.4 Å². The lowest BCUT2D eigenvalue weighted by atomic mass is 10.2. The zero-order valence-corrected chi connectivity index (χ0v) is 10.5. The summed E-state index contributed by atoms with van der Waals surface area (Å²) in [5, 5.41) is 8.68. The fraction of sp³-hybridized carbons (Fsp3) is 0.364. The molecule has 1 amide bonds. The van der Waals surface area contributed by atoms with E-state index < -0.39 is 43.2 Å². The molecule has 0 aliphatic heterocycles. The van der Waals surface area contributed by atoms with Gasteiger partial charge in [0.1, 0.15) is 12.4 Å². The minimum absolute atomic E-state index is 0.251. The van der Waals surface area contributed by atoms with E-state index in [1.165, 1.54) is 6.07 Å². The summed E-state index contributed by atoms with van der Waals surface area (Å²) in [7, 11) is 0. The van der Waals surface area contributed by atoms with E-state index in [4.69, 9.17) is 5.11 Å². The molecule has 0 saturated heterocycles. The molecule has 0 radical (unpaired) electrons. The van der Waals surface area contributed by atoms with Crippen molar-refractivity contribution in [3.05, 3.63) is 29.6 Å². The molecule has 19 heavy (non-hydrogen) atoms. The van der Waals surface area contributed by atoms with Gasteiger partial charge in [-0.05, 0) is 18.2 Å². The van der Waals surface area contributed by atoms with Crippen LogP contribution in [0.2, 0.25) is 0 Å². The van der Waals surface area contributed by atoms with Crippen molar-refractivity contribution in [1.29, 1.82) is 0 Å². The summed E-state index contributed by atoms with van der Waals surface area (Å²) in [6.45, 7) is -2.73. The van der Waals surface area contributed by atoms with Crippen molar-refractivity contribution in [2.45, 2.75) is 11.1 Å². The molecule has 0 atom stereocenters. The van der Waals surface area contributed by atoms with Crippen molar-refractivity contribution in [2.75, 3.05) is 19.7 Å². The van der Waals surface area contributed by atoms with Crippen molar-refractivity contribution in [2.24, 2.45) is 0 Å². The van der Waals surface area contributed by atoms with Gasteiger partial charge in [0.2, 0.25) is 0 Å². The molecule has 106 valence electrons. The van der Waals surface area contributed by atoms with Crippen LogP contribution in [0.25, 0.3) is 0 Å². The van der Waals surface area contributed by atoms with Gasteiger partial charge in [-0.1, -0.05) is 0 Å². The third kappa shape index (κ3) is 4.71. The highest BCUT2D eigenvalue weighted by Crippen LogP contribution is 2.20. The number of alkyl halides is 3. The Kier molecular flexibility index (Phi) is 5.19. The van der Waals surface area contributed by atoms with Gasteiger partial charge in [-0.2, -0.15) is 13.2 Å². The van der Waals surface area contributed by atoms with Gasteiger partial charge in [0, 0.05) is 11.4 Å². The molecule has 0 spiro atoms. The molecule has 8 heteroatoms. The third-order valence-electron chi connectivity index (χ3n) is 2.21. The average molecular weight is 297 g/mol. The molecule has 0 bridgehead atoms. The molecule has 1 aromatic rings. The number of halogens is 4. The minimum Gasteiger partial charge on any atom is -0.395 e. The monoisotopic (exact) mass is 297 g/mol. The number of rotatable bonds is 4. The number of amides is 1. The van der Waals surface area contributed by atoms with Crippen LogP contribution in [0.1, 0.15) is 10.4 Å². The summed E-state index contributed by atoms with van der Waals surface area (Å²) in [6, 6.07) is 3.26. The largest absolute Gasteiger partial charge is 0.406 e. The number of carbonyl (C=O) groups is 1. The first-order valence-corrected chi connectivity index (χ1v) is 5.64. The lowest BCUT2D eigenvalue weighted by Gasteiger charge is -2.23. The number of aliphatic hydroxyl groups excluding tert-OH is 1. The van der Waals surface area contributed by atoms with E-state index >= 15 is 0 Å². The number of carbonyl (C=O) groups excluding carboxylic acids is 1. The van der Waals surface area contributed by atoms with Crippen molar-refractivity contribution < 1.29 is 27.5 Å². The number of nitrogens with zero attached hydrogens (tertiary/aromatic N) is 1. The van der Waals surface area contributed by atoms with E-state index in [0.29, 0.717) is 4.90 Å². The Balaban J connectivity index is 3.02. The Hall–Kier alpha value is -1.28. The van der Waals surface area contributed by atoms with Gasteiger partial charge in [0.05, 0.1) is 12.2 Å². The smallest absolute Gasteiger partial charge is 0.395 e. The van der Waals surface area contributed by atoms with Crippen LogP contribution >= 0.6 is 12.6 Å². The van der Waals surface area contributed by atoms with Gasteiger partial charge < -0.3 is 10.0 Å². The zero-order valence-electron chi connectivity index (χ0n) is 9.62. The summed E-state index contributed by atoms with van der Waals surface area (Å²) < 4.78 is 50.3. The summed E-state index contributed by atoms with van der Waals surface area (Å²) in [5.74, 6) is -2.08. The molecule has 0 aliphatic carbocycles. The molecule has 1 rings (SSSR count). The van der Waals surface area contributed by atoms with Gasteiger partial charge in [-0.25, -0.2) is 4.39 Å². The maximum Gasteiger partial charge on any atom is 0.406 e. The summed E-state index contributed by atoms with van der Waals surface area (Å²) in [4.78, 5) is 12.4. The van der Waals surface area contributed by atoms with Crippen LogP contribution in [0, 0.1) is 5.82 Å². The van der Waals surface area contributed by atoms with Gasteiger partial charge >= 0.3 is 6.18 Å². The molecular weight excluding hydrogens is 286 g/mol. The van der Waals surface area contributed by atoms with Crippen LogP contribution in [0.4, 0.5) is 17.6 Å². The van der Waals surface area contributed by atoms with Crippen LogP contribution in [0.15, 0.2) is 23.1 Å². The van der Waals surface area contributed by atoms with Gasteiger partial charge in [0.25, 0.3) is 5.91 Å². The van der Waals surface area contributed by atoms with E-state index in [1.807, 2.05) is 0 Å². The fourth-order valence-electron chi connectivity index (χ4n) is 1.44. The van der Waals surface area contributed by atoms with Gasteiger partial charge in [-0.15, -0.1) is 12.6 Å². The maximum atomic E-state index is 13.4. The zero-order chi connectivity index (χ0) is 14.6. The van der Waals surface area contributed by atoms with Crippen molar-refractivity contribution in [1.82, 2.24) is 4.90 Å². The van der Waals surface area contributed by atoms with Crippen molar-refractivity contribution in [3.63, 3.8) is 0 Å². The first-order valence-electron chi connectivity index (χ1n) is 5.20. The second-order valence-electron chi connectivity index (χ2n) is 3.73. The number of thiol groups is 1. The average Bonchev–Trinajstić information content (AvgIpc) is 2.29. The first-order chi connectivity index (χ1) is 8.74. The van der Waals surface area contributed by atoms with Crippen molar-refractivity contribution in [3.8, 4) is 0 Å². The highest BCUT2D eigenvalue weighted by molar-refractivity contribution is 7.80. The van der Waals surface area contributed by atoms with E-state index in [2.05, 4.69) is 12.6 Å². The van der Waals surface area contributed by atoms with Crippen molar-refractivity contribution >= 4 is 18.5 Å². The fourth-order valence-corrected chi connectivity index (χ4v) is 1.64. The maximum absolute atomic E-state index is 13.4. The number of benzene rings is 1. The Morgan fingerprint density at radius 3 is 2.53 bits per heavy atom. The van der Waals surface area contributed by atoms with Crippen LogP contribution in [-0.4, -0.2) is 41.8 Å².